The van der Waals surface area contributed by atoms with Gasteiger partial charge in [0.25, 0.3) is 0 Å². The molecule has 102 valence electrons. The van der Waals surface area contributed by atoms with Gasteiger partial charge in [-0.1, -0.05) is 0 Å². The lowest BCUT2D eigenvalue weighted by Crippen LogP contribution is -2.00. The molecule has 6 heteroatoms. The van der Waals surface area contributed by atoms with E-state index < -0.39 is 0 Å². The van der Waals surface area contributed by atoms with Gasteiger partial charge in [-0.15, -0.1) is 23.1 Å². The van der Waals surface area contributed by atoms with Gasteiger partial charge in [0.15, 0.2) is 0 Å². The largest absolute Gasteiger partial charge is 0.493 e. The zero-order valence-corrected chi connectivity index (χ0v) is 12.3. The van der Waals surface area contributed by atoms with Crippen molar-refractivity contribution >= 4 is 39.0 Å². The number of nitrogens with zero attached hydrogens (tertiary/aromatic N) is 2. The Bertz CT molecular complexity index is 697. The highest BCUT2D eigenvalue weighted by Gasteiger charge is 2.05. The van der Waals surface area contributed by atoms with Crippen LogP contribution in [0, 0.1) is 0 Å². The van der Waals surface area contributed by atoms with E-state index in [2.05, 4.69) is 16.0 Å². The zero-order valence-electron chi connectivity index (χ0n) is 10.7. The molecule has 4 nitrogen and oxygen atoms in total. The minimum Gasteiger partial charge on any atom is -0.493 e. The Labute approximate surface area is 125 Å². The van der Waals surface area contributed by atoms with E-state index in [9.17, 15) is 0 Å². The number of hydrogen-bond donors (Lipinski definition) is 1. The van der Waals surface area contributed by atoms with Crippen molar-refractivity contribution in [1.82, 2.24) is 9.97 Å². The SMILES string of the molecule is Nc1ccc(OCCSc2ncnc3sccc23)cc1. The summed E-state index contributed by atoms with van der Waals surface area (Å²) in [6.07, 6.45) is 1.61. The van der Waals surface area contributed by atoms with Crippen molar-refractivity contribution in [2.75, 3.05) is 18.1 Å². The molecule has 0 fully saturated rings. The molecule has 3 aromatic rings. The molecule has 0 aliphatic carbocycles. The molecule has 0 unspecified atom stereocenters. The maximum atomic E-state index is 5.66. The molecule has 3 rings (SSSR count). The number of benzene rings is 1. The maximum Gasteiger partial charge on any atom is 0.127 e. The van der Waals surface area contributed by atoms with Gasteiger partial charge in [0.2, 0.25) is 0 Å². The molecule has 0 aliphatic heterocycles. The molecular formula is C14H13N3OS2. The monoisotopic (exact) mass is 303 g/mol. The highest BCUT2D eigenvalue weighted by Crippen LogP contribution is 2.27. The van der Waals surface area contributed by atoms with Gasteiger partial charge in [-0.2, -0.15) is 0 Å². The van der Waals surface area contributed by atoms with Crippen LogP contribution in [0.2, 0.25) is 0 Å². The summed E-state index contributed by atoms with van der Waals surface area (Å²) in [7, 11) is 0. The van der Waals surface area contributed by atoms with Crippen LogP contribution in [0.1, 0.15) is 0 Å². The topological polar surface area (TPSA) is 61.0 Å². The molecule has 1 aromatic carbocycles. The first-order valence-electron chi connectivity index (χ1n) is 6.12. The average molecular weight is 303 g/mol. The Kier molecular flexibility index (Phi) is 4.03. The number of thioether (sulfide) groups is 1. The second-order valence-corrected chi connectivity index (χ2v) is 6.06. The van der Waals surface area contributed by atoms with Crippen molar-refractivity contribution in [2.24, 2.45) is 0 Å². The predicted molar refractivity (Wildman–Crippen MR) is 84.5 cm³/mol. The van der Waals surface area contributed by atoms with Crippen LogP contribution in [-0.4, -0.2) is 22.3 Å². The molecule has 0 atom stereocenters. The van der Waals surface area contributed by atoms with Gasteiger partial charge in [-0.05, 0) is 35.7 Å². The summed E-state index contributed by atoms with van der Waals surface area (Å²) in [5, 5.41) is 4.17. The Morgan fingerprint density at radius 1 is 1.15 bits per heavy atom. The Morgan fingerprint density at radius 3 is 2.85 bits per heavy atom. The molecule has 0 saturated carbocycles. The quantitative estimate of drug-likeness (QED) is 0.338. The molecule has 0 amide bonds. The first-order chi connectivity index (χ1) is 9.83. The van der Waals surface area contributed by atoms with E-state index in [0.29, 0.717) is 6.61 Å². The minimum atomic E-state index is 0.629. The summed E-state index contributed by atoms with van der Waals surface area (Å²) >= 11 is 3.31. The van der Waals surface area contributed by atoms with E-state index >= 15 is 0 Å². The van der Waals surface area contributed by atoms with Crippen LogP contribution < -0.4 is 10.5 Å². The summed E-state index contributed by atoms with van der Waals surface area (Å²) in [6, 6.07) is 9.48. The lowest BCUT2D eigenvalue weighted by atomic mass is 10.3. The van der Waals surface area contributed by atoms with Crippen molar-refractivity contribution in [2.45, 2.75) is 5.03 Å². The maximum absolute atomic E-state index is 5.66. The summed E-state index contributed by atoms with van der Waals surface area (Å²) in [5.41, 5.74) is 6.37. The molecule has 2 N–H and O–H groups in total. The third kappa shape index (κ3) is 3.02. The summed E-state index contributed by atoms with van der Waals surface area (Å²) in [4.78, 5) is 9.59. The molecule has 0 aliphatic rings. The second-order valence-electron chi connectivity index (χ2n) is 4.08. The van der Waals surface area contributed by atoms with Crippen molar-refractivity contribution in [1.29, 1.82) is 0 Å². The number of nitrogen functional groups attached to an aromatic ring is 1. The Morgan fingerprint density at radius 2 is 2.00 bits per heavy atom. The molecule has 0 spiro atoms. The molecule has 2 heterocycles. The van der Waals surface area contributed by atoms with E-state index in [1.165, 1.54) is 0 Å². The van der Waals surface area contributed by atoms with Crippen LogP contribution in [0.5, 0.6) is 5.75 Å². The van der Waals surface area contributed by atoms with Crippen molar-refractivity contribution < 1.29 is 4.74 Å². The smallest absolute Gasteiger partial charge is 0.127 e. The van der Waals surface area contributed by atoms with Crippen LogP contribution in [0.15, 0.2) is 47.1 Å². The number of ether oxygens (including phenoxy) is 1. The number of nitrogens with two attached hydrogens (primary N) is 1. The van der Waals surface area contributed by atoms with E-state index in [4.69, 9.17) is 10.5 Å². The molecule has 0 radical (unpaired) electrons. The molecule has 0 saturated heterocycles. The van der Waals surface area contributed by atoms with Gasteiger partial charge < -0.3 is 10.5 Å². The van der Waals surface area contributed by atoms with Crippen molar-refractivity contribution in [3.05, 3.63) is 42.0 Å². The number of thiophene rings is 1. The van der Waals surface area contributed by atoms with Crippen molar-refractivity contribution in [3.63, 3.8) is 0 Å². The van der Waals surface area contributed by atoms with Gasteiger partial charge in [0.05, 0.1) is 6.61 Å². The van der Waals surface area contributed by atoms with Gasteiger partial charge in [-0.25, -0.2) is 9.97 Å². The van der Waals surface area contributed by atoms with Crippen LogP contribution in [0.25, 0.3) is 10.2 Å². The Hall–Kier alpha value is -1.79. The first kappa shape index (κ1) is 13.2. The third-order valence-corrected chi connectivity index (χ3v) is 4.49. The third-order valence-electron chi connectivity index (χ3n) is 2.70. The Balaban J connectivity index is 1.55. The predicted octanol–water partition coefficient (Wildman–Crippen LogP) is 3.44. The van der Waals surface area contributed by atoms with Crippen LogP contribution in [0.4, 0.5) is 5.69 Å². The van der Waals surface area contributed by atoms with Crippen LogP contribution in [0.3, 0.4) is 0 Å². The van der Waals surface area contributed by atoms with Gasteiger partial charge >= 0.3 is 0 Å². The molecular weight excluding hydrogens is 290 g/mol. The fraction of sp³-hybridized carbons (Fsp3) is 0.143. The van der Waals surface area contributed by atoms with E-state index in [-0.39, 0.29) is 0 Å². The summed E-state index contributed by atoms with van der Waals surface area (Å²) in [6.45, 7) is 0.629. The number of aromatic nitrogens is 2. The highest BCUT2D eigenvalue weighted by atomic mass is 32.2. The zero-order chi connectivity index (χ0) is 13.8. The molecule has 0 bridgehead atoms. The van der Waals surface area contributed by atoms with Gasteiger partial charge in [0.1, 0.15) is 21.9 Å². The minimum absolute atomic E-state index is 0.629. The van der Waals surface area contributed by atoms with E-state index in [1.807, 2.05) is 29.6 Å². The lowest BCUT2D eigenvalue weighted by molar-refractivity contribution is 0.344. The fourth-order valence-corrected chi connectivity index (χ4v) is 3.34. The summed E-state index contributed by atoms with van der Waals surface area (Å²) < 4.78 is 5.66. The number of rotatable bonds is 5. The number of anilines is 1. The van der Waals surface area contributed by atoms with Crippen molar-refractivity contribution in [3.8, 4) is 5.75 Å². The lowest BCUT2D eigenvalue weighted by Gasteiger charge is -2.06. The van der Waals surface area contributed by atoms with Gasteiger partial charge in [0, 0.05) is 16.8 Å². The number of hydrogen-bond acceptors (Lipinski definition) is 6. The standard InChI is InChI=1S/C14H13N3OS2/c15-10-1-3-11(4-2-10)18-6-8-20-14-12-5-7-19-13(12)16-9-17-14/h1-5,7,9H,6,8,15H2. The van der Waals surface area contributed by atoms with Crippen LogP contribution in [-0.2, 0) is 0 Å². The highest BCUT2D eigenvalue weighted by molar-refractivity contribution is 7.99. The second kappa shape index (κ2) is 6.11. The van der Waals surface area contributed by atoms with E-state index in [1.54, 1.807) is 29.4 Å². The normalized spacial score (nSPS) is 10.8. The molecule has 2 aromatic heterocycles. The van der Waals surface area contributed by atoms with E-state index in [0.717, 1.165) is 32.4 Å². The fourth-order valence-electron chi connectivity index (χ4n) is 1.74. The first-order valence-corrected chi connectivity index (χ1v) is 7.99. The van der Waals surface area contributed by atoms with Crippen LogP contribution >= 0.6 is 23.1 Å². The summed E-state index contributed by atoms with van der Waals surface area (Å²) in [5.74, 6) is 1.68. The number of fused-ring (bicyclic) bond motifs is 1. The molecule has 20 heavy (non-hydrogen) atoms. The van der Waals surface area contributed by atoms with Gasteiger partial charge in [-0.3, -0.25) is 0 Å². The average Bonchev–Trinajstić information content (AvgIpc) is 2.94.